The zero-order valence-electron chi connectivity index (χ0n) is 21.7. The molecule has 0 amide bonds. The molecule has 0 aliphatic carbocycles. The maximum atomic E-state index is 12.7. The van der Waals surface area contributed by atoms with E-state index in [1.165, 1.54) is 6.33 Å². The summed E-state index contributed by atoms with van der Waals surface area (Å²) in [4.78, 5) is 11.3. The van der Waals surface area contributed by atoms with E-state index in [0.29, 0.717) is 18.1 Å². The highest BCUT2D eigenvalue weighted by Gasteiger charge is 2.14. The standard InChI is InChI=1S/C29H31N5O4S/c1-22-5-11-27(12-6-22)39(35,36)33-25-9-7-24(8-10-25)32-29-20-28(30-21-31-29)23-3-2-4-26(19-23)38-18-15-34-13-16-37-17-14-34/h2-12,19-21,33H,13-18H2,1H3,(H,30,31,32). The number of aryl methyl sites for hydroxylation is 1. The smallest absolute Gasteiger partial charge is 0.261 e. The number of anilines is 3. The molecule has 5 rings (SSSR count). The lowest BCUT2D eigenvalue weighted by molar-refractivity contribution is 0.0322. The van der Waals surface area contributed by atoms with E-state index in [2.05, 4.69) is 24.9 Å². The van der Waals surface area contributed by atoms with E-state index in [0.717, 1.165) is 61.1 Å². The van der Waals surface area contributed by atoms with Crippen LogP contribution < -0.4 is 14.8 Å². The molecule has 0 bridgehead atoms. The number of nitrogens with zero attached hydrogens (tertiary/aromatic N) is 3. The first-order chi connectivity index (χ1) is 18.9. The molecule has 2 heterocycles. The number of morpholine rings is 1. The summed E-state index contributed by atoms with van der Waals surface area (Å²) < 4.78 is 39.3. The molecule has 0 saturated carbocycles. The minimum absolute atomic E-state index is 0.218. The zero-order valence-corrected chi connectivity index (χ0v) is 22.5. The second-order valence-electron chi connectivity index (χ2n) is 9.24. The van der Waals surface area contributed by atoms with Gasteiger partial charge in [0.2, 0.25) is 0 Å². The molecule has 10 heteroatoms. The molecular formula is C29H31N5O4S. The Morgan fingerprint density at radius 3 is 2.44 bits per heavy atom. The molecule has 2 N–H and O–H groups in total. The molecule has 0 spiro atoms. The van der Waals surface area contributed by atoms with Crippen molar-refractivity contribution in [2.75, 3.05) is 49.5 Å². The Morgan fingerprint density at radius 1 is 0.923 bits per heavy atom. The number of benzene rings is 3. The third-order valence-corrected chi connectivity index (χ3v) is 7.71. The molecule has 202 valence electrons. The number of rotatable bonds is 10. The van der Waals surface area contributed by atoms with Crippen molar-refractivity contribution in [1.29, 1.82) is 0 Å². The number of nitrogens with one attached hydrogen (secondary N) is 2. The van der Waals surface area contributed by atoms with Crippen LogP contribution in [-0.2, 0) is 14.8 Å². The van der Waals surface area contributed by atoms with Gasteiger partial charge in [0.05, 0.1) is 23.8 Å². The van der Waals surface area contributed by atoms with Gasteiger partial charge >= 0.3 is 0 Å². The maximum absolute atomic E-state index is 12.7. The van der Waals surface area contributed by atoms with Gasteiger partial charge in [-0.2, -0.15) is 0 Å². The van der Waals surface area contributed by atoms with Crippen molar-refractivity contribution in [2.45, 2.75) is 11.8 Å². The molecule has 1 aliphatic rings. The van der Waals surface area contributed by atoms with Crippen molar-refractivity contribution in [3.63, 3.8) is 0 Å². The monoisotopic (exact) mass is 545 g/mol. The summed E-state index contributed by atoms with van der Waals surface area (Å²) in [5.41, 5.74) is 3.91. The van der Waals surface area contributed by atoms with E-state index in [1.54, 1.807) is 48.5 Å². The third-order valence-electron chi connectivity index (χ3n) is 6.32. The fourth-order valence-electron chi connectivity index (χ4n) is 4.15. The molecular weight excluding hydrogens is 514 g/mol. The normalized spacial score (nSPS) is 14.1. The highest BCUT2D eigenvalue weighted by atomic mass is 32.2. The fourth-order valence-corrected chi connectivity index (χ4v) is 5.21. The molecule has 0 radical (unpaired) electrons. The molecule has 1 saturated heterocycles. The van der Waals surface area contributed by atoms with Crippen LogP contribution >= 0.6 is 0 Å². The van der Waals surface area contributed by atoms with Crippen LogP contribution in [0.1, 0.15) is 5.56 Å². The quantitative estimate of drug-likeness (QED) is 0.295. The molecule has 39 heavy (non-hydrogen) atoms. The highest BCUT2D eigenvalue weighted by Crippen LogP contribution is 2.25. The van der Waals surface area contributed by atoms with E-state index >= 15 is 0 Å². The van der Waals surface area contributed by atoms with Crippen LogP contribution in [0.2, 0.25) is 0 Å². The minimum Gasteiger partial charge on any atom is -0.492 e. The van der Waals surface area contributed by atoms with Gasteiger partial charge in [0.25, 0.3) is 10.0 Å². The van der Waals surface area contributed by atoms with Gasteiger partial charge in [0.15, 0.2) is 0 Å². The predicted octanol–water partition coefficient (Wildman–Crippen LogP) is 4.71. The van der Waals surface area contributed by atoms with Crippen molar-refractivity contribution >= 4 is 27.2 Å². The Balaban J connectivity index is 1.20. The van der Waals surface area contributed by atoms with Gasteiger partial charge in [-0.15, -0.1) is 0 Å². The molecule has 9 nitrogen and oxygen atoms in total. The molecule has 1 aromatic heterocycles. The topological polar surface area (TPSA) is 106 Å². The Labute approximate surface area is 228 Å². The van der Waals surface area contributed by atoms with E-state index in [9.17, 15) is 8.42 Å². The van der Waals surface area contributed by atoms with Crippen molar-refractivity contribution in [3.05, 3.63) is 90.8 Å². The Morgan fingerprint density at radius 2 is 1.67 bits per heavy atom. The third kappa shape index (κ3) is 7.32. The summed E-state index contributed by atoms with van der Waals surface area (Å²) in [5, 5.41) is 3.25. The van der Waals surface area contributed by atoms with Crippen LogP contribution in [0.15, 0.2) is 90.1 Å². The summed E-state index contributed by atoms with van der Waals surface area (Å²) in [6.45, 7) is 6.81. The van der Waals surface area contributed by atoms with Crippen molar-refractivity contribution in [1.82, 2.24) is 14.9 Å². The maximum Gasteiger partial charge on any atom is 0.261 e. The van der Waals surface area contributed by atoms with Crippen molar-refractivity contribution in [2.24, 2.45) is 0 Å². The number of ether oxygens (including phenoxy) is 2. The lowest BCUT2D eigenvalue weighted by atomic mass is 10.1. The van der Waals surface area contributed by atoms with Crippen LogP contribution in [-0.4, -0.2) is 62.7 Å². The summed E-state index contributed by atoms with van der Waals surface area (Å²) >= 11 is 0. The summed E-state index contributed by atoms with van der Waals surface area (Å²) in [6, 6.07) is 23.4. The van der Waals surface area contributed by atoms with Gasteiger partial charge in [-0.25, -0.2) is 18.4 Å². The first-order valence-corrected chi connectivity index (χ1v) is 14.2. The van der Waals surface area contributed by atoms with Gasteiger partial charge in [-0.3, -0.25) is 9.62 Å². The Bertz CT molecular complexity index is 1490. The lowest BCUT2D eigenvalue weighted by Crippen LogP contribution is -2.38. The summed E-state index contributed by atoms with van der Waals surface area (Å²) in [5.74, 6) is 1.41. The number of hydrogen-bond donors (Lipinski definition) is 2. The van der Waals surface area contributed by atoms with E-state index < -0.39 is 10.0 Å². The van der Waals surface area contributed by atoms with Gasteiger partial charge < -0.3 is 14.8 Å². The number of hydrogen-bond acceptors (Lipinski definition) is 8. The van der Waals surface area contributed by atoms with Gasteiger partial charge in [0, 0.05) is 42.6 Å². The second-order valence-corrected chi connectivity index (χ2v) is 10.9. The Hall–Kier alpha value is -3.99. The number of sulfonamides is 1. The van der Waals surface area contributed by atoms with Crippen LogP contribution in [0, 0.1) is 6.92 Å². The largest absolute Gasteiger partial charge is 0.492 e. The molecule has 3 aromatic carbocycles. The van der Waals surface area contributed by atoms with Crippen LogP contribution in [0.4, 0.5) is 17.2 Å². The van der Waals surface area contributed by atoms with Crippen LogP contribution in [0.25, 0.3) is 11.3 Å². The van der Waals surface area contributed by atoms with Crippen molar-refractivity contribution < 1.29 is 17.9 Å². The molecule has 1 fully saturated rings. The molecule has 0 atom stereocenters. The van der Waals surface area contributed by atoms with Gasteiger partial charge in [0.1, 0.15) is 24.5 Å². The van der Waals surface area contributed by atoms with Crippen LogP contribution in [0.3, 0.4) is 0 Å². The first kappa shape index (κ1) is 26.6. The Kier molecular flexibility index (Phi) is 8.36. The zero-order chi connectivity index (χ0) is 27.1. The van der Waals surface area contributed by atoms with Crippen molar-refractivity contribution in [3.8, 4) is 17.0 Å². The van der Waals surface area contributed by atoms with E-state index in [4.69, 9.17) is 9.47 Å². The molecule has 1 aliphatic heterocycles. The van der Waals surface area contributed by atoms with Crippen LogP contribution in [0.5, 0.6) is 5.75 Å². The molecule has 0 unspecified atom stereocenters. The highest BCUT2D eigenvalue weighted by molar-refractivity contribution is 7.92. The average molecular weight is 546 g/mol. The van der Waals surface area contributed by atoms with E-state index in [-0.39, 0.29) is 4.90 Å². The number of aromatic nitrogens is 2. The van der Waals surface area contributed by atoms with Gasteiger partial charge in [-0.05, 0) is 55.5 Å². The SMILES string of the molecule is Cc1ccc(S(=O)(=O)Nc2ccc(Nc3cc(-c4cccc(OCCN5CCOCC5)c4)ncn3)cc2)cc1. The first-order valence-electron chi connectivity index (χ1n) is 12.8. The summed E-state index contributed by atoms with van der Waals surface area (Å²) in [6.07, 6.45) is 1.51. The lowest BCUT2D eigenvalue weighted by Gasteiger charge is -2.26. The average Bonchev–Trinajstić information content (AvgIpc) is 2.95. The fraction of sp³-hybridized carbons (Fsp3) is 0.241. The minimum atomic E-state index is -3.66. The predicted molar refractivity (Wildman–Crippen MR) is 152 cm³/mol. The van der Waals surface area contributed by atoms with Gasteiger partial charge in [-0.1, -0.05) is 29.8 Å². The molecule has 4 aromatic rings. The van der Waals surface area contributed by atoms with E-state index in [1.807, 2.05) is 37.3 Å². The summed E-state index contributed by atoms with van der Waals surface area (Å²) in [7, 11) is -3.66. The second kappa shape index (κ2) is 12.2.